The molecule has 0 aliphatic carbocycles. The van der Waals surface area contributed by atoms with Crippen LogP contribution in [-0.4, -0.2) is 12.2 Å². The first-order valence-electron chi connectivity index (χ1n) is 7.94. The Balaban J connectivity index is 2.30. The van der Waals surface area contributed by atoms with Gasteiger partial charge in [-0.05, 0) is 28.9 Å². The summed E-state index contributed by atoms with van der Waals surface area (Å²) in [5.41, 5.74) is 2.86. The number of hydrogen-bond acceptors (Lipinski definition) is 1. The lowest BCUT2D eigenvalue weighted by molar-refractivity contribution is 0.571. The predicted octanol–water partition coefficient (Wildman–Crippen LogP) is 4.07. The summed E-state index contributed by atoms with van der Waals surface area (Å²) in [6, 6.07) is 31.2. The van der Waals surface area contributed by atoms with Crippen molar-refractivity contribution in [2.75, 3.05) is 7.05 Å². The average molecular weight is 332 g/mol. The van der Waals surface area contributed by atoms with Crippen LogP contribution in [0.15, 0.2) is 91.0 Å². The molecule has 3 rings (SSSR count). The molecule has 0 saturated carbocycles. The second-order valence-corrected chi connectivity index (χ2v) is 5.96. The van der Waals surface area contributed by atoms with E-state index in [-0.39, 0.29) is 0 Å². The molecule has 0 radical (unpaired) electrons. The van der Waals surface area contributed by atoms with Crippen molar-refractivity contribution in [2.45, 2.75) is 5.54 Å². The van der Waals surface area contributed by atoms with Crippen LogP contribution in [0.4, 0.5) is 0 Å². The number of nitrogens with one attached hydrogen (secondary N) is 2. The lowest BCUT2D eigenvalue weighted by Crippen LogP contribution is -2.50. The van der Waals surface area contributed by atoms with E-state index in [1.807, 2.05) is 25.2 Å². The third kappa shape index (κ3) is 3.03. The van der Waals surface area contributed by atoms with E-state index in [2.05, 4.69) is 83.4 Å². The first kappa shape index (κ1) is 16.2. The minimum atomic E-state index is -0.552. The Morgan fingerprint density at radius 2 is 1.00 bits per heavy atom. The fraction of sp³-hybridized carbons (Fsp3) is 0.0952. The van der Waals surface area contributed by atoms with Gasteiger partial charge in [-0.1, -0.05) is 91.0 Å². The summed E-state index contributed by atoms with van der Waals surface area (Å²) in [5, 5.41) is 7.20. The highest BCUT2D eigenvalue weighted by Gasteiger charge is 2.36. The molecule has 24 heavy (non-hydrogen) atoms. The molecule has 0 atom stereocenters. The molecule has 0 aliphatic heterocycles. The summed E-state index contributed by atoms with van der Waals surface area (Å²) in [5.74, 6) is 0. The summed E-state index contributed by atoms with van der Waals surface area (Å²) < 4.78 is 0. The van der Waals surface area contributed by atoms with Crippen LogP contribution < -0.4 is 10.6 Å². The molecule has 0 aromatic heterocycles. The van der Waals surface area contributed by atoms with Gasteiger partial charge in [-0.3, -0.25) is 0 Å². The molecule has 0 heterocycles. The van der Waals surface area contributed by atoms with Gasteiger partial charge in [-0.25, -0.2) is 0 Å². The van der Waals surface area contributed by atoms with Crippen molar-refractivity contribution in [3.05, 3.63) is 108 Å². The molecule has 0 amide bonds. The first-order chi connectivity index (χ1) is 11.8. The Kier molecular flexibility index (Phi) is 4.92. The molecule has 0 bridgehead atoms. The van der Waals surface area contributed by atoms with Gasteiger partial charge in [-0.15, -0.1) is 0 Å². The van der Waals surface area contributed by atoms with Crippen molar-refractivity contribution in [1.29, 1.82) is 0 Å². The van der Waals surface area contributed by atoms with Gasteiger partial charge in [0.1, 0.15) is 5.54 Å². The van der Waals surface area contributed by atoms with E-state index >= 15 is 0 Å². The largest absolute Gasteiger partial charge is 0.366 e. The highest BCUT2D eigenvalue weighted by molar-refractivity contribution is 7.80. The zero-order valence-corrected chi connectivity index (χ0v) is 14.4. The minimum Gasteiger partial charge on any atom is -0.366 e. The number of benzene rings is 3. The van der Waals surface area contributed by atoms with Crippen LogP contribution in [0, 0.1) is 0 Å². The van der Waals surface area contributed by atoms with E-state index in [1.54, 1.807) is 0 Å². The standard InChI is InChI=1S/C21H20N2S/c1-22-20(24)23-21(17-11-5-2-6-12-17,18-13-7-3-8-14-18)19-15-9-4-10-16-19/h2-16H,1H3,(H2,22,23,24). The van der Waals surface area contributed by atoms with E-state index in [0.29, 0.717) is 5.11 Å². The van der Waals surface area contributed by atoms with Gasteiger partial charge in [0.2, 0.25) is 0 Å². The summed E-state index contributed by atoms with van der Waals surface area (Å²) >= 11 is 5.48. The summed E-state index contributed by atoms with van der Waals surface area (Å²) in [7, 11) is 1.83. The normalized spacial score (nSPS) is 10.9. The third-order valence-electron chi connectivity index (χ3n) is 4.15. The number of hydrogen-bond donors (Lipinski definition) is 2. The molecule has 2 nitrogen and oxygen atoms in total. The van der Waals surface area contributed by atoms with Crippen molar-refractivity contribution in [3.63, 3.8) is 0 Å². The molecule has 0 spiro atoms. The maximum absolute atomic E-state index is 5.48. The Hall–Kier alpha value is -2.65. The van der Waals surface area contributed by atoms with Crippen LogP contribution in [0.2, 0.25) is 0 Å². The minimum absolute atomic E-state index is 0.552. The Morgan fingerprint density at radius 3 is 1.29 bits per heavy atom. The second kappa shape index (κ2) is 7.28. The summed E-state index contributed by atoms with van der Waals surface area (Å²) in [6.07, 6.45) is 0. The molecule has 3 heteroatoms. The zero-order chi connectivity index (χ0) is 16.8. The molecule has 0 aliphatic rings. The van der Waals surface area contributed by atoms with Gasteiger partial charge < -0.3 is 10.6 Å². The molecular weight excluding hydrogens is 312 g/mol. The fourth-order valence-corrected chi connectivity index (χ4v) is 3.17. The quantitative estimate of drug-likeness (QED) is 0.556. The fourth-order valence-electron chi connectivity index (χ4n) is 3.01. The highest BCUT2D eigenvalue weighted by atomic mass is 32.1. The van der Waals surface area contributed by atoms with E-state index < -0.39 is 5.54 Å². The van der Waals surface area contributed by atoms with Gasteiger partial charge in [0.15, 0.2) is 5.11 Å². The highest BCUT2D eigenvalue weighted by Crippen LogP contribution is 2.36. The molecule has 3 aromatic rings. The predicted molar refractivity (Wildman–Crippen MR) is 104 cm³/mol. The average Bonchev–Trinajstić information content (AvgIpc) is 2.68. The van der Waals surface area contributed by atoms with E-state index in [1.165, 1.54) is 0 Å². The van der Waals surface area contributed by atoms with Crippen LogP contribution in [0.1, 0.15) is 16.7 Å². The van der Waals surface area contributed by atoms with Crippen molar-refractivity contribution in [2.24, 2.45) is 0 Å². The molecular formula is C21H20N2S. The van der Waals surface area contributed by atoms with Crippen LogP contribution in [0.3, 0.4) is 0 Å². The van der Waals surface area contributed by atoms with Crippen molar-refractivity contribution < 1.29 is 0 Å². The van der Waals surface area contributed by atoms with Gasteiger partial charge in [0, 0.05) is 7.05 Å². The molecule has 3 aromatic carbocycles. The van der Waals surface area contributed by atoms with Crippen molar-refractivity contribution >= 4 is 17.3 Å². The Morgan fingerprint density at radius 1 is 0.667 bits per heavy atom. The topological polar surface area (TPSA) is 24.1 Å². The lowest BCUT2D eigenvalue weighted by atomic mass is 9.77. The monoisotopic (exact) mass is 332 g/mol. The van der Waals surface area contributed by atoms with E-state index in [9.17, 15) is 0 Å². The van der Waals surface area contributed by atoms with Crippen LogP contribution in [0.5, 0.6) is 0 Å². The van der Waals surface area contributed by atoms with Crippen LogP contribution in [-0.2, 0) is 5.54 Å². The van der Waals surface area contributed by atoms with Gasteiger partial charge in [0.05, 0.1) is 0 Å². The smallest absolute Gasteiger partial charge is 0.167 e. The van der Waals surface area contributed by atoms with Crippen LogP contribution >= 0.6 is 12.2 Å². The van der Waals surface area contributed by atoms with Crippen molar-refractivity contribution in [1.82, 2.24) is 10.6 Å². The number of rotatable bonds is 4. The maximum atomic E-state index is 5.48. The zero-order valence-electron chi connectivity index (χ0n) is 13.6. The molecule has 0 fully saturated rings. The molecule has 2 N–H and O–H groups in total. The summed E-state index contributed by atoms with van der Waals surface area (Å²) in [4.78, 5) is 0. The number of thiocarbonyl (C=S) groups is 1. The van der Waals surface area contributed by atoms with Gasteiger partial charge >= 0.3 is 0 Å². The summed E-state index contributed by atoms with van der Waals surface area (Å²) in [6.45, 7) is 0. The van der Waals surface area contributed by atoms with Crippen molar-refractivity contribution in [3.8, 4) is 0 Å². The Bertz CT molecular complexity index is 689. The van der Waals surface area contributed by atoms with Crippen LogP contribution in [0.25, 0.3) is 0 Å². The van der Waals surface area contributed by atoms with E-state index in [0.717, 1.165) is 16.7 Å². The molecule has 120 valence electrons. The molecule has 0 saturated heterocycles. The van der Waals surface area contributed by atoms with E-state index in [4.69, 9.17) is 12.2 Å². The third-order valence-corrected chi connectivity index (χ3v) is 4.45. The lowest BCUT2D eigenvalue weighted by Gasteiger charge is -2.37. The second-order valence-electron chi connectivity index (χ2n) is 5.55. The van der Waals surface area contributed by atoms with Gasteiger partial charge in [0.25, 0.3) is 0 Å². The Labute approximate surface area is 148 Å². The SMILES string of the molecule is CNC(=S)NC(c1ccccc1)(c1ccccc1)c1ccccc1. The maximum Gasteiger partial charge on any atom is 0.167 e. The van der Waals surface area contributed by atoms with Gasteiger partial charge in [-0.2, -0.15) is 0 Å². The first-order valence-corrected chi connectivity index (χ1v) is 8.34. The molecule has 0 unspecified atom stereocenters.